The van der Waals surface area contributed by atoms with Gasteiger partial charge in [0.05, 0.1) is 11.3 Å². The highest BCUT2D eigenvalue weighted by molar-refractivity contribution is 5.62. The number of nitrogens with two attached hydrogens (primary N) is 1. The molecular weight excluding hydrogens is 202 g/mol. The Morgan fingerprint density at radius 3 is 2.88 bits per heavy atom. The number of anilines is 2. The van der Waals surface area contributed by atoms with Crippen molar-refractivity contribution in [1.82, 2.24) is 9.88 Å². The predicted molar refractivity (Wildman–Crippen MR) is 65.0 cm³/mol. The van der Waals surface area contributed by atoms with E-state index in [0.717, 1.165) is 19.5 Å². The van der Waals surface area contributed by atoms with Crippen molar-refractivity contribution in [2.45, 2.75) is 6.42 Å². The SMILES string of the molecule is CN(C)CCCNc1ncc(C#N)cc1N. The Bertz CT molecular complexity index is 380. The summed E-state index contributed by atoms with van der Waals surface area (Å²) in [6, 6.07) is 3.63. The van der Waals surface area contributed by atoms with E-state index in [-0.39, 0.29) is 0 Å². The molecule has 0 aliphatic carbocycles. The molecule has 0 atom stereocenters. The lowest BCUT2D eigenvalue weighted by atomic mass is 10.3. The topological polar surface area (TPSA) is 78.0 Å². The van der Waals surface area contributed by atoms with E-state index < -0.39 is 0 Å². The minimum Gasteiger partial charge on any atom is -0.396 e. The Hall–Kier alpha value is -1.80. The molecule has 0 amide bonds. The number of pyridine rings is 1. The number of nitriles is 1. The zero-order chi connectivity index (χ0) is 12.0. The van der Waals surface area contributed by atoms with E-state index in [2.05, 4.69) is 15.2 Å². The van der Waals surface area contributed by atoms with Gasteiger partial charge in [-0.3, -0.25) is 0 Å². The van der Waals surface area contributed by atoms with Crippen molar-refractivity contribution >= 4 is 11.5 Å². The molecule has 0 spiro atoms. The first-order valence-electron chi connectivity index (χ1n) is 5.17. The molecule has 0 radical (unpaired) electrons. The van der Waals surface area contributed by atoms with Crippen LogP contribution >= 0.6 is 0 Å². The number of hydrogen-bond donors (Lipinski definition) is 2. The third-order valence-electron chi connectivity index (χ3n) is 2.12. The molecule has 0 aliphatic heterocycles. The van der Waals surface area contributed by atoms with Gasteiger partial charge in [-0.2, -0.15) is 5.26 Å². The van der Waals surface area contributed by atoms with E-state index in [1.807, 2.05) is 20.2 Å². The summed E-state index contributed by atoms with van der Waals surface area (Å²) in [6.07, 6.45) is 2.54. The highest BCUT2D eigenvalue weighted by Crippen LogP contribution is 2.15. The summed E-state index contributed by atoms with van der Waals surface area (Å²) in [7, 11) is 4.07. The molecule has 0 fully saturated rings. The lowest BCUT2D eigenvalue weighted by Gasteiger charge is -2.11. The molecule has 1 rings (SSSR count). The third kappa shape index (κ3) is 3.75. The summed E-state index contributed by atoms with van der Waals surface area (Å²) in [6.45, 7) is 1.84. The maximum absolute atomic E-state index is 8.66. The van der Waals surface area contributed by atoms with Crippen LogP contribution in [0.25, 0.3) is 0 Å². The Morgan fingerprint density at radius 1 is 1.56 bits per heavy atom. The molecule has 16 heavy (non-hydrogen) atoms. The van der Waals surface area contributed by atoms with E-state index in [9.17, 15) is 0 Å². The molecule has 5 nitrogen and oxygen atoms in total. The molecule has 1 aromatic rings. The number of rotatable bonds is 5. The third-order valence-corrected chi connectivity index (χ3v) is 2.12. The molecule has 1 heterocycles. The predicted octanol–water partition coefficient (Wildman–Crippen LogP) is 0.899. The molecule has 1 aromatic heterocycles. The number of nitrogens with zero attached hydrogens (tertiary/aromatic N) is 3. The largest absolute Gasteiger partial charge is 0.396 e. The van der Waals surface area contributed by atoms with Gasteiger partial charge in [-0.1, -0.05) is 0 Å². The smallest absolute Gasteiger partial charge is 0.149 e. The molecule has 0 aliphatic rings. The van der Waals surface area contributed by atoms with Crippen molar-refractivity contribution in [1.29, 1.82) is 5.26 Å². The van der Waals surface area contributed by atoms with Crippen LogP contribution in [0.2, 0.25) is 0 Å². The van der Waals surface area contributed by atoms with Gasteiger partial charge in [0.25, 0.3) is 0 Å². The van der Waals surface area contributed by atoms with Gasteiger partial charge in [0.1, 0.15) is 11.9 Å². The van der Waals surface area contributed by atoms with E-state index in [0.29, 0.717) is 17.1 Å². The second-order valence-corrected chi connectivity index (χ2v) is 3.86. The summed E-state index contributed by atoms with van der Waals surface area (Å²) >= 11 is 0. The minimum atomic E-state index is 0.483. The van der Waals surface area contributed by atoms with Gasteiger partial charge in [0, 0.05) is 12.7 Å². The molecule has 0 unspecified atom stereocenters. The van der Waals surface area contributed by atoms with Crippen LogP contribution < -0.4 is 11.1 Å². The average Bonchev–Trinajstić information content (AvgIpc) is 2.25. The molecule has 5 heteroatoms. The van der Waals surface area contributed by atoms with Crippen LogP contribution in [0.15, 0.2) is 12.3 Å². The zero-order valence-corrected chi connectivity index (χ0v) is 9.70. The van der Waals surface area contributed by atoms with Gasteiger partial charge >= 0.3 is 0 Å². The maximum Gasteiger partial charge on any atom is 0.149 e. The first-order valence-corrected chi connectivity index (χ1v) is 5.17. The molecule has 0 saturated heterocycles. The first kappa shape index (κ1) is 12.3. The summed E-state index contributed by atoms with van der Waals surface area (Å²) in [5.41, 5.74) is 6.75. The Labute approximate surface area is 95.9 Å². The highest BCUT2D eigenvalue weighted by Gasteiger charge is 2.01. The summed E-state index contributed by atoms with van der Waals surface area (Å²) in [5, 5.41) is 11.8. The average molecular weight is 219 g/mol. The monoisotopic (exact) mass is 219 g/mol. The van der Waals surface area contributed by atoms with Gasteiger partial charge in [0.2, 0.25) is 0 Å². The van der Waals surface area contributed by atoms with Crippen LogP contribution in [0.5, 0.6) is 0 Å². The van der Waals surface area contributed by atoms with Crippen LogP contribution in [0.3, 0.4) is 0 Å². The van der Waals surface area contributed by atoms with E-state index in [1.165, 1.54) is 6.20 Å². The second kappa shape index (κ2) is 5.93. The molecule has 0 saturated carbocycles. The lowest BCUT2D eigenvalue weighted by molar-refractivity contribution is 0.405. The van der Waals surface area contributed by atoms with Crippen molar-refractivity contribution in [2.75, 3.05) is 38.2 Å². The normalized spacial score (nSPS) is 10.1. The van der Waals surface area contributed by atoms with E-state index in [4.69, 9.17) is 11.0 Å². The van der Waals surface area contributed by atoms with Crippen molar-refractivity contribution < 1.29 is 0 Å². The number of hydrogen-bond acceptors (Lipinski definition) is 5. The molecule has 0 aromatic carbocycles. The van der Waals surface area contributed by atoms with Gasteiger partial charge in [-0.05, 0) is 33.1 Å². The van der Waals surface area contributed by atoms with Gasteiger partial charge in [0.15, 0.2) is 0 Å². The summed E-state index contributed by atoms with van der Waals surface area (Å²) in [5.74, 6) is 0.651. The Kier molecular flexibility index (Phi) is 4.55. The molecule has 86 valence electrons. The quantitative estimate of drug-likeness (QED) is 0.719. The maximum atomic E-state index is 8.66. The van der Waals surface area contributed by atoms with Crippen molar-refractivity contribution in [3.63, 3.8) is 0 Å². The van der Waals surface area contributed by atoms with E-state index >= 15 is 0 Å². The summed E-state index contributed by atoms with van der Waals surface area (Å²) < 4.78 is 0. The van der Waals surface area contributed by atoms with Crippen LogP contribution in [0.4, 0.5) is 11.5 Å². The fourth-order valence-electron chi connectivity index (χ4n) is 1.29. The number of nitrogen functional groups attached to an aromatic ring is 1. The van der Waals surface area contributed by atoms with Crippen LogP contribution in [0.1, 0.15) is 12.0 Å². The first-order chi connectivity index (χ1) is 7.63. The molecule has 0 bridgehead atoms. The van der Waals surface area contributed by atoms with E-state index in [1.54, 1.807) is 6.07 Å². The summed E-state index contributed by atoms with van der Waals surface area (Å²) in [4.78, 5) is 6.22. The minimum absolute atomic E-state index is 0.483. The second-order valence-electron chi connectivity index (χ2n) is 3.86. The van der Waals surface area contributed by atoms with Gasteiger partial charge in [-0.25, -0.2) is 4.98 Å². The van der Waals surface area contributed by atoms with Crippen molar-refractivity contribution in [3.8, 4) is 6.07 Å². The highest BCUT2D eigenvalue weighted by atomic mass is 15.1. The Balaban J connectivity index is 2.46. The number of aromatic nitrogens is 1. The van der Waals surface area contributed by atoms with Crippen LogP contribution in [-0.4, -0.2) is 37.1 Å². The molecular formula is C11H17N5. The fraction of sp³-hybridized carbons (Fsp3) is 0.455. The Morgan fingerprint density at radius 2 is 2.31 bits per heavy atom. The zero-order valence-electron chi connectivity index (χ0n) is 9.70. The van der Waals surface area contributed by atoms with Gasteiger partial charge < -0.3 is 16.0 Å². The van der Waals surface area contributed by atoms with Crippen molar-refractivity contribution in [3.05, 3.63) is 17.8 Å². The van der Waals surface area contributed by atoms with Crippen LogP contribution in [-0.2, 0) is 0 Å². The number of nitrogens with one attached hydrogen (secondary N) is 1. The molecule has 3 N–H and O–H groups in total. The fourth-order valence-corrected chi connectivity index (χ4v) is 1.29. The lowest BCUT2D eigenvalue weighted by Crippen LogP contribution is -2.17. The standard InChI is InChI=1S/C11H17N5/c1-16(2)5-3-4-14-11-10(13)6-9(7-12)8-15-11/h6,8H,3-5,13H2,1-2H3,(H,14,15). The van der Waals surface area contributed by atoms with Crippen LogP contribution in [0, 0.1) is 11.3 Å². The van der Waals surface area contributed by atoms with Crippen molar-refractivity contribution in [2.24, 2.45) is 0 Å². The van der Waals surface area contributed by atoms with Gasteiger partial charge in [-0.15, -0.1) is 0 Å².